The van der Waals surface area contributed by atoms with E-state index in [0.717, 1.165) is 22.3 Å². The molecule has 0 fully saturated rings. The smallest absolute Gasteiger partial charge is 0.296 e. The first kappa shape index (κ1) is 25.0. The molecule has 0 aliphatic carbocycles. The van der Waals surface area contributed by atoms with Crippen molar-refractivity contribution in [2.75, 3.05) is 6.61 Å². The van der Waals surface area contributed by atoms with E-state index in [-0.39, 0.29) is 28.8 Å². The van der Waals surface area contributed by atoms with Crippen LogP contribution in [-0.4, -0.2) is 25.1 Å². The Hall–Kier alpha value is -2.64. The molecule has 2 aromatic carbocycles. The highest BCUT2D eigenvalue weighted by atomic mass is 32.2. The van der Waals surface area contributed by atoms with Gasteiger partial charge in [-0.3, -0.25) is 4.18 Å². The Bertz CT molecular complexity index is 1190. The molecule has 0 radical (unpaired) electrons. The van der Waals surface area contributed by atoms with Crippen molar-refractivity contribution in [3.63, 3.8) is 0 Å². The maximum Gasteiger partial charge on any atom is 0.296 e. The number of phenols is 1. The van der Waals surface area contributed by atoms with Crippen LogP contribution in [0.15, 0.2) is 52.0 Å². The second-order valence-electron chi connectivity index (χ2n) is 10.4. The Morgan fingerprint density at radius 3 is 2.03 bits per heavy atom. The predicted octanol–water partition coefficient (Wildman–Crippen LogP) is 5.90. The maximum atomic E-state index is 12.4. The number of hydrogen-bond donors (Lipinski definition) is 1. The molecule has 3 rings (SSSR count). The topological polar surface area (TPSA) is 89.6 Å². The SMILES string of the molecule is Cc1ccc(S(=O)(=O)OCCc2coc(-c3cc(C(C)(C)C)c(O)c(C(C)(C)C)c3)n2)cc1. The molecule has 0 saturated heterocycles. The van der Waals surface area contributed by atoms with Crippen LogP contribution in [0.3, 0.4) is 0 Å². The second kappa shape index (κ2) is 8.95. The average molecular weight is 472 g/mol. The van der Waals surface area contributed by atoms with Gasteiger partial charge in [0.1, 0.15) is 12.0 Å². The lowest BCUT2D eigenvalue weighted by molar-refractivity contribution is 0.320. The molecule has 0 amide bonds. The van der Waals surface area contributed by atoms with Crippen molar-refractivity contribution in [1.29, 1.82) is 0 Å². The molecule has 0 unspecified atom stereocenters. The van der Waals surface area contributed by atoms with Gasteiger partial charge in [0.05, 0.1) is 17.2 Å². The number of benzene rings is 2. The lowest BCUT2D eigenvalue weighted by Gasteiger charge is -2.27. The van der Waals surface area contributed by atoms with Gasteiger partial charge < -0.3 is 9.52 Å². The van der Waals surface area contributed by atoms with Crippen LogP contribution < -0.4 is 0 Å². The second-order valence-corrected chi connectivity index (χ2v) is 12.0. The van der Waals surface area contributed by atoms with Gasteiger partial charge in [-0.25, -0.2) is 4.98 Å². The van der Waals surface area contributed by atoms with E-state index in [9.17, 15) is 13.5 Å². The molecule has 0 aliphatic rings. The molecule has 7 heteroatoms. The summed E-state index contributed by atoms with van der Waals surface area (Å²) in [5.74, 6) is 0.711. The molecule has 33 heavy (non-hydrogen) atoms. The zero-order valence-corrected chi connectivity index (χ0v) is 21.2. The van der Waals surface area contributed by atoms with Crippen LogP contribution in [0.5, 0.6) is 5.75 Å². The van der Waals surface area contributed by atoms with Crippen LogP contribution in [0.25, 0.3) is 11.5 Å². The Morgan fingerprint density at radius 2 is 1.52 bits per heavy atom. The normalized spacial score (nSPS) is 12.8. The van der Waals surface area contributed by atoms with Crippen LogP contribution in [0.2, 0.25) is 0 Å². The van der Waals surface area contributed by atoms with E-state index in [1.165, 1.54) is 18.4 Å². The number of aromatic hydroxyl groups is 1. The van der Waals surface area contributed by atoms with Crippen molar-refractivity contribution in [3.8, 4) is 17.2 Å². The van der Waals surface area contributed by atoms with Crippen molar-refractivity contribution < 1.29 is 22.1 Å². The lowest BCUT2D eigenvalue weighted by Crippen LogP contribution is -2.17. The van der Waals surface area contributed by atoms with Crippen LogP contribution in [0.1, 0.15) is 63.9 Å². The first-order valence-electron chi connectivity index (χ1n) is 11.0. The summed E-state index contributed by atoms with van der Waals surface area (Å²) in [6.07, 6.45) is 1.79. The molecular formula is C26H33NO5S. The highest BCUT2D eigenvalue weighted by Crippen LogP contribution is 2.41. The van der Waals surface area contributed by atoms with Crippen molar-refractivity contribution in [2.24, 2.45) is 0 Å². The van der Waals surface area contributed by atoms with Crippen LogP contribution >= 0.6 is 0 Å². The largest absolute Gasteiger partial charge is 0.507 e. The first-order chi connectivity index (χ1) is 15.2. The summed E-state index contributed by atoms with van der Waals surface area (Å²) in [5, 5.41) is 10.9. The highest BCUT2D eigenvalue weighted by molar-refractivity contribution is 7.86. The van der Waals surface area contributed by atoms with Crippen molar-refractivity contribution in [3.05, 3.63) is 65.0 Å². The predicted molar refractivity (Wildman–Crippen MR) is 129 cm³/mol. The van der Waals surface area contributed by atoms with E-state index >= 15 is 0 Å². The van der Waals surface area contributed by atoms with Crippen LogP contribution in [0, 0.1) is 6.92 Å². The molecule has 6 nitrogen and oxygen atoms in total. The fourth-order valence-electron chi connectivity index (χ4n) is 3.48. The van der Waals surface area contributed by atoms with Gasteiger partial charge in [-0.2, -0.15) is 8.42 Å². The Kier molecular flexibility index (Phi) is 6.78. The van der Waals surface area contributed by atoms with E-state index in [1.54, 1.807) is 12.1 Å². The number of hydrogen-bond acceptors (Lipinski definition) is 6. The lowest BCUT2D eigenvalue weighted by atomic mass is 9.78. The Balaban J connectivity index is 1.81. The summed E-state index contributed by atoms with van der Waals surface area (Å²) in [5.41, 5.74) is 3.42. The molecule has 0 bridgehead atoms. The minimum Gasteiger partial charge on any atom is -0.507 e. The van der Waals surface area contributed by atoms with Crippen molar-refractivity contribution in [2.45, 2.75) is 70.6 Å². The molecule has 1 N–H and O–H groups in total. The highest BCUT2D eigenvalue weighted by Gasteiger charge is 2.27. The Morgan fingerprint density at radius 1 is 0.970 bits per heavy atom. The van der Waals surface area contributed by atoms with Crippen molar-refractivity contribution >= 4 is 10.1 Å². The standard InChI is InChI=1S/C26H33NO5S/c1-17-8-10-20(11-9-17)33(29,30)32-13-12-19-16-31-24(27-19)18-14-21(25(2,3)4)23(28)22(15-18)26(5,6)7/h8-11,14-16,28H,12-13H2,1-7H3. The summed E-state index contributed by atoms with van der Waals surface area (Å²) >= 11 is 0. The van der Waals surface area contributed by atoms with Gasteiger partial charge in [0.25, 0.3) is 10.1 Å². The number of aromatic nitrogens is 1. The zero-order chi connectivity index (χ0) is 24.6. The number of nitrogens with zero attached hydrogens (tertiary/aromatic N) is 1. The van der Waals surface area contributed by atoms with Crippen LogP contribution in [-0.2, 0) is 31.6 Å². The third kappa shape index (κ3) is 5.84. The van der Waals surface area contributed by atoms with E-state index in [2.05, 4.69) is 4.98 Å². The third-order valence-electron chi connectivity index (χ3n) is 5.43. The molecule has 0 spiro atoms. The molecule has 1 heterocycles. The zero-order valence-electron chi connectivity index (χ0n) is 20.4. The van der Waals surface area contributed by atoms with Gasteiger partial charge in [0.2, 0.25) is 5.89 Å². The average Bonchev–Trinajstić information content (AvgIpc) is 3.15. The molecule has 178 valence electrons. The fourth-order valence-corrected chi connectivity index (χ4v) is 4.39. The summed E-state index contributed by atoms with van der Waals surface area (Å²) in [6.45, 7) is 14.1. The number of oxazole rings is 1. The maximum absolute atomic E-state index is 12.4. The molecule has 3 aromatic rings. The van der Waals surface area contributed by atoms with Gasteiger partial charge in [-0.05, 0) is 42.0 Å². The van der Waals surface area contributed by atoms with Crippen molar-refractivity contribution in [1.82, 2.24) is 4.98 Å². The van der Waals surface area contributed by atoms with Gasteiger partial charge in [-0.15, -0.1) is 0 Å². The van der Waals surface area contributed by atoms with Crippen LogP contribution in [0.4, 0.5) is 0 Å². The number of rotatable bonds is 6. The van der Waals surface area contributed by atoms with E-state index < -0.39 is 10.1 Å². The van der Waals surface area contributed by atoms with E-state index in [1.807, 2.05) is 60.6 Å². The van der Waals surface area contributed by atoms with E-state index in [0.29, 0.717) is 17.3 Å². The van der Waals surface area contributed by atoms with E-state index in [4.69, 9.17) is 8.60 Å². The van der Waals surface area contributed by atoms with Gasteiger partial charge >= 0.3 is 0 Å². The first-order valence-corrected chi connectivity index (χ1v) is 12.4. The summed E-state index contributed by atoms with van der Waals surface area (Å²) in [4.78, 5) is 4.66. The van der Waals surface area contributed by atoms with Gasteiger partial charge in [0, 0.05) is 23.1 Å². The summed E-state index contributed by atoms with van der Waals surface area (Å²) in [6, 6.07) is 10.3. The number of aryl methyl sites for hydroxylation is 1. The Labute approximate surface area is 196 Å². The molecule has 0 saturated carbocycles. The quantitative estimate of drug-likeness (QED) is 0.450. The summed E-state index contributed by atoms with van der Waals surface area (Å²) in [7, 11) is -3.83. The monoisotopic (exact) mass is 471 g/mol. The summed E-state index contributed by atoms with van der Waals surface area (Å²) < 4.78 is 35.6. The van der Waals surface area contributed by atoms with Gasteiger partial charge in [0.15, 0.2) is 0 Å². The minimum absolute atomic E-state index is 0.0434. The third-order valence-corrected chi connectivity index (χ3v) is 6.76. The minimum atomic E-state index is -3.83. The molecule has 1 aromatic heterocycles. The molecule has 0 atom stereocenters. The molecule has 0 aliphatic heterocycles. The van der Waals surface area contributed by atoms with Gasteiger partial charge in [-0.1, -0.05) is 59.2 Å². The number of phenolic OH excluding ortho intramolecular Hbond substituents is 1. The molecular weight excluding hydrogens is 438 g/mol. The fraction of sp³-hybridized carbons (Fsp3) is 0.423.